The minimum atomic E-state index is -1.70. The van der Waals surface area contributed by atoms with Crippen LogP contribution < -0.4 is 5.32 Å². The van der Waals surface area contributed by atoms with E-state index in [1.54, 1.807) is 0 Å². The third-order valence-electron chi connectivity index (χ3n) is 17.9. The molecule has 16 heteroatoms. The highest BCUT2D eigenvalue weighted by molar-refractivity contribution is 5.26. The highest BCUT2D eigenvalue weighted by atomic mass is 16.8. The molecule has 0 amide bonds. The van der Waals surface area contributed by atoms with E-state index in [1.165, 1.54) is 38.7 Å². The van der Waals surface area contributed by atoms with Gasteiger partial charge >= 0.3 is 0 Å². The number of piperidine rings is 1. The van der Waals surface area contributed by atoms with Gasteiger partial charge in [0.2, 0.25) is 0 Å². The second-order valence-electron chi connectivity index (χ2n) is 21.2. The third-order valence-corrected chi connectivity index (χ3v) is 17.9. The summed E-state index contributed by atoms with van der Waals surface area (Å²) in [5.41, 5.74) is 1.41. The van der Waals surface area contributed by atoms with Gasteiger partial charge in [-0.15, -0.1) is 0 Å². The first-order valence-electron chi connectivity index (χ1n) is 23.3. The first kappa shape index (κ1) is 45.3. The Morgan fingerprint density at radius 3 is 1.98 bits per heavy atom. The van der Waals surface area contributed by atoms with Gasteiger partial charge in [-0.2, -0.15) is 0 Å². The summed E-state index contributed by atoms with van der Waals surface area (Å²) >= 11 is 0. The molecule has 8 fully saturated rings. The number of fused-ring (bicyclic) bond motifs is 7. The highest BCUT2D eigenvalue weighted by Crippen LogP contribution is 2.70. The van der Waals surface area contributed by atoms with Crippen molar-refractivity contribution >= 4 is 0 Å². The van der Waals surface area contributed by atoms with Crippen LogP contribution in [-0.2, 0) is 33.2 Å². The molecule has 3 saturated carbocycles. The summed E-state index contributed by atoms with van der Waals surface area (Å²) in [6, 6.07) is 0. The van der Waals surface area contributed by atoms with Crippen molar-refractivity contribution in [3.63, 3.8) is 0 Å². The zero-order valence-corrected chi connectivity index (χ0v) is 36.6. The van der Waals surface area contributed by atoms with Crippen molar-refractivity contribution in [1.29, 1.82) is 0 Å². The maximum absolute atomic E-state index is 12.0. The van der Waals surface area contributed by atoms with Crippen LogP contribution in [-0.4, -0.2) is 164 Å². The molecule has 0 bridgehead atoms. The Bertz CT molecular complexity index is 1600. The minimum absolute atomic E-state index is 0.00472. The van der Waals surface area contributed by atoms with Crippen molar-refractivity contribution in [3.8, 4) is 0 Å². The average molecular weight is 868 g/mol. The van der Waals surface area contributed by atoms with Crippen LogP contribution >= 0.6 is 0 Å². The lowest BCUT2D eigenvalue weighted by molar-refractivity contribution is -0.388. The summed E-state index contributed by atoms with van der Waals surface area (Å²) in [4.78, 5) is 0. The molecule has 0 unspecified atom stereocenters. The maximum atomic E-state index is 12.0. The Kier molecular flexibility index (Phi) is 12.4. The van der Waals surface area contributed by atoms with Gasteiger partial charge in [0.15, 0.2) is 18.9 Å². The van der Waals surface area contributed by atoms with Gasteiger partial charge < -0.3 is 74.0 Å². The normalized spacial score (nSPS) is 58.4. The van der Waals surface area contributed by atoms with Crippen molar-refractivity contribution in [1.82, 2.24) is 5.32 Å². The molecule has 9 aliphatic rings. The lowest BCUT2D eigenvalue weighted by Crippen LogP contribution is -2.66. The Labute approximate surface area is 359 Å². The molecule has 348 valence electrons. The monoisotopic (exact) mass is 867 g/mol. The molecule has 16 nitrogen and oxygen atoms in total. The van der Waals surface area contributed by atoms with E-state index >= 15 is 0 Å². The summed E-state index contributed by atoms with van der Waals surface area (Å²) in [6.45, 7) is 13.2. The number of hydrogen-bond donors (Lipinski definition) is 9. The molecule has 9 rings (SSSR count). The molecule has 0 aromatic heterocycles. The molecule has 4 aliphatic carbocycles. The minimum Gasteiger partial charge on any atom is -0.394 e. The number of rotatable bonds is 7. The molecule has 5 saturated heterocycles. The van der Waals surface area contributed by atoms with E-state index in [-0.39, 0.29) is 22.7 Å². The number of nitrogens with one attached hydrogen (secondary N) is 1. The fraction of sp³-hybridized carbons (Fsp3) is 0.956. The molecular formula is C45H73NO15. The fourth-order valence-corrected chi connectivity index (χ4v) is 14.2. The van der Waals surface area contributed by atoms with E-state index in [1.807, 2.05) is 0 Å². The van der Waals surface area contributed by atoms with Gasteiger partial charge in [0.1, 0.15) is 66.8 Å². The van der Waals surface area contributed by atoms with Crippen LogP contribution in [0.3, 0.4) is 0 Å². The predicted molar refractivity (Wildman–Crippen MR) is 215 cm³/mol. The van der Waals surface area contributed by atoms with E-state index in [9.17, 15) is 40.9 Å². The van der Waals surface area contributed by atoms with Gasteiger partial charge in [-0.1, -0.05) is 39.3 Å². The van der Waals surface area contributed by atoms with Crippen LogP contribution in [0.15, 0.2) is 11.6 Å². The molecule has 0 aromatic rings. The van der Waals surface area contributed by atoms with Gasteiger partial charge in [0.05, 0.1) is 31.0 Å². The highest BCUT2D eigenvalue weighted by Gasteiger charge is 2.68. The number of hydrogen-bond acceptors (Lipinski definition) is 16. The van der Waals surface area contributed by atoms with Crippen LogP contribution in [0.4, 0.5) is 0 Å². The smallest absolute Gasteiger partial charge is 0.187 e. The Morgan fingerprint density at radius 2 is 1.36 bits per heavy atom. The second kappa shape index (κ2) is 16.8. The quantitative estimate of drug-likeness (QED) is 0.161. The summed E-state index contributed by atoms with van der Waals surface area (Å²) < 4.78 is 43.7. The number of aliphatic hydroxyl groups excluding tert-OH is 8. The van der Waals surface area contributed by atoms with Gasteiger partial charge in [-0.05, 0) is 112 Å². The molecule has 0 aromatic carbocycles. The second-order valence-corrected chi connectivity index (χ2v) is 21.2. The van der Waals surface area contributed by atoms with Crippen molar-refractivity contribution in [2.75, 3.05) is 13.2 Å². The lowest BCUT2D eigenvalue weighted by Gasteiger charge is -2.59. The van der Waals surface area contributed by atoms with Crippen LogP contribution in [0.5, 0.6) is 0 Å². The number of ether oxygens (including phenoxy) is 7. The van der Waals surface area contributed by atoms with E-state index in [0.29, 0.717) is 54.5 Å². The van der Waals surface area contributed by atoms with Crippen LogP contribution in [0, 0.1) is 46.3 Å². The maximum Gasteiger partial charge on any atom is 0.187 e. The van der Waals surface area contributed by atoms with E-state index < -0.39 is 98.7 Å². The summed E-state index contributed by atoms with van der Waals surface area (Å²) in [7, 11) is 0. The molecule has 61 heavy (non-hydrogen) atoms. The number of allylic oxidation sites excluding steroid dienone is 1. The standard InChI is InChI=1S/C45H73NO15/c1-19-9-14-45(46-17-19)20(2)30-28(61-45)16-27-25-8-7-23-15-24(10-12-43(23,5)26(25)11-13-44(27,30)6)57-42-39(60-41-36(53)34(51)32(49)22(4)56-41)37(54)38(29(18-47)58-42)59-40-35(52)33(50)31(48)21(3)55-40/h7,19-22,24-42,46-54H,8-18H2,1-6H3/t19-,20-,21-,22-,24+,25+,26-,27-,28-,29+,30-,31-,32-,33-,34+,35+,36+,37-,38+,39+,40+,41+,42+,43-,44-,45+/m1/s1. The van der Waals surface area contributed by atoms with Crippen molar-refractivity contribution in [2.24, 2.45) is 46.3 Å². The van der Waals surface area contributed by atoms with Crippen molar-refractivity contribution in [2.45, 2.75) is 209 Å². The zero-order valence-electron chi connectivity index (χ0n) is 36.6. The topological polar surface area (TPSA) is 238 Å². The van der Waals surface area contributed by atoms with E-state index in [2.05, 4.69) is 39.1 Å². The van der Waals surface area contributed by atoms with E-state index in [0.717, 1.165) is 32.2 Å². The Balaban J connectivity index is 0.916. The van der Waals surface area contributed by atoms with Gasteiger partial charge in [0.25, 0.3) is 0 Å². The van der Waals surface area contributed by atoms with Crippen molar-refractivity contribution < 1.29 is 74.0 Å². The molecule has 5 aliphatic heterocycles. The fourth-order valence-electron chi connectivity index (χ4n) is 14.2. The average Bonchev–Trinajstić information content (AvgIpc) is 3.69. The van der Waals surface area contributed by atoms with Gasteiger partial charge in [0, 0.05) is 12.5 Å². The summed E-state index contributed by atoms with van der Waals surface area (Å²) in [5.74, 6) is 3.43. The summed E-state index contributed by atoms with van der Waals surface area (Å²) in [6.07, 6.45) is -9.93. The SMILES string of the molecule is C[C@@H]1CC[C@]2(NC1)O[C@@H]1C[C@@H]3[C@H]4CC=C5C[C@@H](O[C@H]6O[C@@H](CO)[C@H](O[C@@H]7O[C@H](C)[C@@H](O)[C@@H](O)[C@@H]7O)[C@@H](O)[C@@H]6O[C@@H]6O[C@H](C)[C@@H](O)[C@H](O)[C@@H]6O)CC[C@@]5(C)[C@@H]4CC[C@@]3(C)[C@@H]1[C@H]2C. The zero-order chi connectivity index (χ0) is 43.5. The van der Waals surface area contributed by atoms with Crippen LogP contribution in [0.2, 0.25) is 0 Å². The third kappa shape index (κ3) is 7.42. The molecule has 5 heterocycles. The molecule has 9 N–H and O–H groups in total. The van der Waals surface area contributed by atoms with Crippen molar-refractivity contribution in [3.05, 3.63) is 11.6 Å². The molecule has 26 atom stereocenters. The van der Waals surface area contributed by atoms with E-state index in [4.69, 9.17) is 33.2 Å². The lowest BCUT2D eigenvalue weighted by atomic mass is 9.47. The Hall–Kier alpha value is -0.900. The van der Waals surface area contributed by atoms with Gasteiger partial charge in [-0.25, -0.2) is 0 Å². The van der Waals surface area contributed by atoms with Crippen LogP contribution in [0.25, 0.3) is 0 Å². The largest absolute Gasteiger partial charge is 0.394 e. The summed E-state index contributed by atoms with van der Waals surface area (Å²) in [5, 5.41) is 89.8. The molecular weight excluding hydrogens is 794 g/mol. The Morgan fingerprint density at radius 1 is 0.705 bits per heavy atom. The first-order chi connectivity index (χ1) is 28.9. The van der Waals surface area contributed by atoms with Gasteiger partial charge in [-0.3, -0.25) is 5.32 Å². The molecule has 1 spiro atoms. The predicted octanol–water partition coefficient (Wildman–Crippen LogP) is 0.815. The molecule has 0 radical (unpaired) electrons. The number of aliphatic hydroxyl groups is 8. The van der Waals surface area contributed by atoms with Crippen LogP contribution in [0.1, 0.15) is 99.3 Å². The first-order valence-corrected chi connectivity index (χ1v) is 23.3.